The number of hydrogen-bond donors (Lipinski definition) is 1. The van der Waals surface area contributed by atoms with Crippen LogP contribution >= 0.6 is 0 Å². The van der Waals surface area contributed by atoms with E-state index in [1.54, 1.807) is 0 Å². The second kappa shape index (κ2) is 42.0. The SMILES string of the molecule is CC/C=C\C/C=C\C/C=C\C/C=C\CCCCCCCCCCCCCCCCC(=O)OC(COC(=O)CCCCCCCCC)COC(OCC[N+](C)(C)C)C(=O)O. The fourth-order valence-electron chi connectivity index (χ4n) is 6.41. The lowest BCUT2D eigenvalue weighted by Gasteiger charge is -2.25. The number of hydrogen-bond acceptors (Lipinski definition) is 7. The molecule has 0 aromatic heterocycles. The number of ether oxygens (including phenoxy) is 4. The zero-order valence-corrected chi connectivity index (χ0v) is 38.7. The Hall–Kier alpha value is -2.75. The molecule has 0 rings (SSSR count). The molecule has 9 nitrogen and oxygen atoms in total. The maximum Gasteiger partial charge on any atom is 0.361 e. The van der Waals surface area contributed by atoms with Gasteiger partial charge in [-0.1, -0.05) is 178 Å². The van der Waals surface area contributed by atoms with Crippen molar-refractivity contribution in [1.29, 1.82) is 0 Å². The van der Waals surface area contributed by atoms with Crippen molar-refractivity contribution >= 4 is 17.9 Å². The number of quaternary nitrogens is 1. The predicted molar refractivity (Wildman–Crippen MR) is 244 cm³/mol. The van der Waals surface area contributed by atoms with Crippen molar-refractivity contribution in [3.05, 3.63) is 48.6 Å². The standard InChI is InChI=1S/C50H89NO8/c1-6-8-10-12-14-15-16-17-18-19-20-21-22-23-24-25-26-27-28-29-30-31-32-33-35-37-39-41-48(53)59-46(44-57-47(52)40-38-36-34-13-11-9-7-2)45-58-50(49(54)55)56-43-42-51(3,4)5/h8,10,14-15,17-18,20-21,46,50H,6-7,9,11-13,16,19,22-45H2,1-5H3/p+1/b10-8-,15-14-,18-17-,21-20-. The molecule has 1 N–H and O–H groups in total. The molecule has 0 bridgehead atoms. The maximum absolute atomic E-state index is 12.7. The first-order valence-electron chi connectivity index (χ1n) is 23.8. The number of allylic oxidation sites excluding steroid dienone is 8. The van der Waals surface area contributed by atoms with Crippen molar-refractivity contribution in [2.24, 2.45) is 0 Å². The van der Waals surface area contributed by atoms with Gasteiger partial charge in [0.25, 0.3) is 6.29 Å². The highest BCUT2D eigenvalue weighted by Gasteiger charge is 2.25. The molecule has 2 atom stereocenters. The highest BCUT2D eigenvalue weighted by atomic mass is 16.7. The van der Waals surface area contributed by atoms with Crippen molar-refractivity contribution in [2.75, 3.05) is 47.5 Å². The Bertz CT molecular complexity index is 1110. The molecule has 0 saturated carbocycles. The summed E-state index contributed by atoms with van der Waals surface area (Å²) in [5.41, 5.74) is 0. The number of rotatable bonds is 43. The Labute approximate surface area is 362 Å². The second-order valence-electron chi connectivity index (χ2n) is 17.0. The topological polar surface area (TPSA) is 108 Å². The quantitative estimate of drug-likeness (QED) is 0.0213. The summed E-state index contributed by atoms with van der Waals surface area (Å²) in [6.45, 7) is 4.71. The van der Waals surface area contributed by atoms with E-state index in [2.05, 4.69) is 62.5 Å². The molecule has 59 heavy (non-hydrogen) atoms. The lowest BCUT2D eigenvalue weighted by atomic mass is 10.0. The third-order valence-corrected chi connectivity index (χ3v) is 10.1. The van der Waals surface area contributed by atoms with Gasteiger partial charge in [0.15, 0.2) is 6.10 Å². The van der Waals surface area contributed by atoms with Crippen molar-refractivity contribution in [1.82, 2.24) is 0 Å². The zero-order chi connectivity index (χ0) is 43.5. The van der Waals surface area contributed by atoms with E-state index in [1.807, 2.05) is 21.1 Å². The predicted octanol–water partition coefficient (Wildman–Crippen LogP) is 12.8. The van der Waals surface area contributed by atoms with Crippen LogP contribution in [0, 0.1) is 0 Å². The smallest absolute Gasteiger partial charge is 0.361 e. The van der Waals surface area contributed by atoms with Gasteiger partial charge in [0, 0.05) is 12.8 Å². The van der Waals surface area contributed by atoms with Crippen LogP contribution in [0.2, 0.25) is 0 Å². The van der Waals surface area contributed by atoms with Crippen LogP contribution in [0.4, 0.5) is 0 Å². The highest BCUT2D eigenvalue weighted by Crippen LogP contribution is 2.15. The van der Waals surface area contributed by atoms with E-state index >= 15 is 0 Å². The Morgan fingerprint density at radius 1 is 0.525 bits per heavy atom. The summed E-state index contributed by atoms with van der Waals surface area (Å²) >= 11 is 0. The van der Waals surface area contributed by atoms with Gasteiger partial charge in [-0.2, -0.15) is 0 Å². The molecule has 9 heteroatoms. The van der Waals surface area contributed by atoms with E-state index in [0.717, 1.165) is 64.2 Å². The minimum Gasteiger partial charge on any atom is -0.477 e. The van der Waals surface area contributed by atoms with Crippen molar-refractivity contribution < 1.29 is 42.9 Å². The average molecular weight is 833 g/mol. The Kier molecular flexibility index (Phi) is 40.0. The summed E-state index contributed by atoms with van der Waals surface area (Å²) in [4.78, 5) is 36.9. The van der Waals surface area contributed by atoms with Gasteiger partial charge in [0.05, 0.1) is 34.4 Å². The van der Waals surface area contributed by atoms with Crippen molar-refractivity contribution in [3.63, 3.8) is 0 Å². The number of nitrogens with zero attached hydrogens (tertiary/aromatic N) is 1. The number of unbranched alkanes of at least 4 members (excludes halogenated alkanes) is 20. The van der Waals surface area contributed by atoms with Crippen LogP contribution in [0.5, 0.6) is 0 Å². The molecule has 0 aliphatic rings. The number of carbonyl (C=O) groups excluding carboxylic acids is 2. The van der Waals surface area contributed by atoms with Crippen molar-refractivity contribution in [3.8, 4) is 0 Å². The van der Waals surface area contributed by atoms with Gasteiger partial charge in [0.1, 0.15) is 13.2 Å². The van der Waals surface area contributed by atoms with Crippen LogP contribution in [-0.2, 0) is 33.3 Å². The van der Waals surface area contributed by atoms with Crippen molar-refractivity contribution in [2.45, 2.75) is 206 Å². The minimum absolute atomic E-state index is 0.181. The normalized spacial score (nSPS) is 13.3. The number of esters is 2. The Morgan fingerprint density at radius 3 is 1.44 bits per heavy atom. The van der Waals surface area contributed by atoms with Crippen LogP contribution in [0.3, 0.4) is 0 Å². The highest BCUT2D eigenvalue weighted by molar-refractivity contribution is 5.71. The van der Waals surface area contributed by atoms with E-state index < -0.39 is 24.3 Å². The van der Waals surface area contributed by atoms with Gasteiger partial charge in [-0.3, -0.25) is 9.59 Å². The van der Waals surface area contributed by atoms with Gasteiger partial charge in [-0.05, 0) is 51.4 Å². The third-order valence-electron chi connectivity index (χ3n) is 10.1. The summed E-state index contributed by atoms with van der Waals surface area (Å²) in [6.07, 6.45) is 46.3. The molecular formula is C50H90NO8+. The fourth-order valence-corrected chi connectivity index (χ4v) is 6.41. The van der Waals surface area contributed by atoms with E-state index in [9.17, 15) is 19.5 Å². The molecule has 0 aliphatic heterocycles. The largest absolute Gasteiger partial charge is 0.477 e. The lowest BCUT2D eigenvalue weighted by Crippen LogP contribution is -2.40. The summed E-state index contributed by atoms with van der Waals surface area (Å²) in [6, 6.07) is 0. The molecule has 0 fully saturated rings. The number of carbonyl (C=O) groups is 3. The van der Waals surface area contributed by atoms with Crippen LogP contribution < -0.4 is 0 Å². The van der Waals surface area contributed by atoms with Gasteiger partial charge < -0.3 is 28.5 Å². The number of likely N-dealkylation sites (N-methyl/N-ethyl adjacent to an activating group) is 1. The summed E-state index contributed by atoms with van der Waals surface area (Å²) in [7, 11) is 5.95. The Balaban J connectivity index is 4.13. The zero-order valence-electron chi connectivity index (χ0n) is 38.7. The van der Waals surface area contributed by atoms with Gasteiger partial charge in [-0.15, -0.1) is 0 Å². The summed E-state index contributed by atoms with van der Waals surface area (Å²) < 4.78 is 22.7. The average Bonchev–Trinajstić information content (AvgIpc) is 3.19. The molecule has 0 radical (unpaired) electrons. The van der Waals surface area contributed by atoms with Gasteiger partial charge >= 0.3 is 17.9 Å². The van der Waals surface area contributed by atoms with E-state index in [-0.39, 0.29) is 32.2 Å². The molecule has 0 heterocycles. The molecular weight excluding hydrogens is 743 g/mol. The van der Waals surface area contributed by atoms with E-state index in [1.165, 1.54) is 103 Å². The molecule has 0 saturated heterocycles. The molecule has 0 aromatic carbocycles. The fraction of sp³-hybridized carbons (Fsp3) is 0.780. The summed E-state index contributed by atoms with van der Waals surface area (Å²) in [5.74, 6) is -2.01. The molecule has 0 amide bonds. The number of aliphatic carboxylic acids is 1. The number of carboxylic acids is 1. The molecule has 2 unspecified atom stereocenters. The van der Waals surface area contributed by atoms with Gasteiger partial charge in [0.2, 0.25) is 0 Å². The minimum atomic E-state index is -1.51. The first-order chi connectivity index (χ1) is 28.6. The lowest BCUT2D eigenvalue weighted by molar-refractivity contribution is -0.870. The summed E-state index contributed by atoms with van der Waals surface area (Å²) in [5, 5.41) is 9.61. The first-order valence-corrected chi connectivity index (χ1v) is 23.8. The number of carboxylic acid groups (broad SMARTS) is 1. The Morgan fingerprint density at radius 2 is 0.966 bits per heavy atom. The van der Waals surface area contributed by atoms with E-state index in [0.29, 0.717) is 17.4 Å². The first kappa shape index (κ1) is 56.2. The second-order valence-corrected chi connectivity index (χ2v) is 17.0. The monoisotopic (exact) mass is 833 g/mol. The van der Waals surface area contributed by atoms with Crippen LogP contribution in [0.25, 0.3) is 0 Å². The molecule has 0 aliphatic carbocycles. The van der Waals surface area contributed by atoms with Crippen LogP contribution in [-0.4, -0.2) is 87.4 Å². The third kappa shape index (κ3) is 43.2. The van der Waals surface area contributed by atoms with Gasteiger partial charge in [-0.25, -0.2) is 4.79 Å². The van der Waals surface area contributed by atoms with Crippen LogP contribution in [0.15, 0.2) is 48.6 Å². The molecule has 0 aromatic rings. The molecule has 342 valence electrons. The molecule has 0 spiro atoms. The maximum atomic E-state index is 12.7. The van der Waals surface area contributed by atoms with Crippen LogP contribution in [0.1, 0.15) is 194 Å². The van der Waals surface area contributed by atoms with E-state index in [4.69, 9.17) is 18.9 Å².